The van der Waals surface area contributed by atoms with E-state index in [1.54, 1.807) is 0 Å². The molecular weight excluding hydrogens is 246 g/mol. The summed E-state index contributed by atoms with van der Waals surface area (Å²) in [5.41, 5.74) is 8.07. The second-order valence-corrected chi connectivity index (χ2v) is 5.69. The predicted octanol–water partition coefficient (Wildman–Crippen LogP) is 3.30. The smallest absolute Gasteiger partial charge is 0.0674 e. The Morgan fingerprint density at radius 1 is 1.35 bits per heavy atom. The van der Waals surface area contributed by atoms with Gasteiger partial charge >= 0.3 is 0 Å². The first-order chi connectivity index (χ1) is 9.63. The Morgan fingerprint density at radius 3 is 2.80 bits per heavy atom. The van der Waals surface area contributed by atoms with Crippen molar-refractivity contribution in [2.75, 3.05) is 6.54 Å². The molecule has 0 radical (unpaired) electrons. The normalized spacial score (nSPS) is 17.5. The molecule has 0 fully saturated rings. The van der Waals surface area contributed by atoms with Crippen molar-refractivity contribution in [3.63, 3.8) is 0 Å². The molecule has 0 amide bonds. The first-order valence-corrected chi connectivity index (χ1v) is 7.49. The van der Waals surface area contributed by atoms with Gasteiger partial charge in [-0.05, 0) is 49.9 Å². The molecule has 1 N–H and O–H groups in total. The number of fused-ring (bicyclic) bond motifs is 1. The van der Waals surface area contributed by atoms with Gasteiger partial charge in [-0.2, -0.15) is 5.10 Å². The summed E-state index contributed by atoms with van der Waals surface area (Å²) in [4.78, 5) is 0. The van der Waals surface area contributed by atoms with Crippen LogP contribution in [-0.4, -0.2) is 16.3 Å². The van der Waals surface area contributed by atoms with Crippen molar-refractivity contribution in [2.45, 2.75) is 39.7 Å². The molecule has 1 atom stereocenters. The van der Waals surface area contributed by atoms with Crippen LogP contribution in [0.25, 0.3) is 11.1 Å². The summed E-state index contributed by atoms with van der Waals surface area (Å²) >= 11 is 0. The van der Waals surface area contributed by atoms with Crippen LogP contribution in [0, 0.1) is 13.8 Å². The molecule has 0 saturated carbocycles. The largest absolute Gasteiger partial charge is 0.310 e. The fourth-order valence-corrected chi connectivity index (χ4v) is 3.51. The van der Waals surface area contributed by atoms with E-state index >= 15 is 0 Å². The fourth-order valence-electron chi connectivity index (χ4n) is 3.51. The van der Waals surface area contributed by atoms with Gasteiger partial charge in [0.1, 0.15) is 0 Å². The number of hydrogen-bond acceptors (Lipinski definition) is 2. The molecule has 3 heteroatoms. The molecular formula is C17H23N3. The van der Waals surface area contributed by atoms with Crippen LogP contribution in [-0.2, 0) is 13.5 Å². The quantitative estimate of drug-likeness (QED) is 0.926. The van der Waals surface area contributed by atoms with Gasteiger partial charge in [0.05, 0.1) is 5.69 Å². The molecule has 1 aliphatic carbocycles. The Labute approximate surface area is 121 Å². The van der Waals surface area contributed by atoms with Crippen molar-refractivity contribution in [3.8, 4) is 11.1 Å². The van der Waals surface area contributed by atoms with Crippen LogP contribution in [0.3, 0.4) is 0 Å². The number of nitrogens with zero attached hydrogens (tertiary/aromatic N) is 2. The molecule has 1 unspecified atom stereocenters. The third kappa shape index (κ3) is 1.97. The zero-order valence-corrected chi connectivity index (χ0v) is 12.8. The molecule has 0 bridgehead atoms. The van der Waals surface area contributed by atoms with E-state index in [2.05, 4.69) is 49.4 Å². The third-order valence-corrected chi connectivity index (χ3v) is 4.50. The van der Waals surface area contributed by atoms with E-state index in [1.165, 1.54) is 34.4 Å². The lowest BCUT2D eigenvalue weighted by Crippen LogP contribution is -2.18. The van der Waals surface area contributed by atoms with Gasteiger partial charge in [-0.3, -0.25) is 4.68 Å². The lowest BCUT2D eigenvalue weighted by atomic mass is 9.95. The molecule has 3 nitrogen and oxygen atoms in total. The van der Waals surface area contributed by atoms with Gasteiger partial charge in [0.25, 0.3) is 0 Å². The Bertz CT molecular complexity index is 640. The molecule has 1 heterocycles. The van der Waals surface area contributed by atoms with E-state index in [0.717, 1.165) is 18.7 Å². The Balaban J connectivity index is 2.13. The SMILES string of the molecule is CCNC1CCc2c(-c3c(C)nn(C)c3C)cccc21. The van der Waals surface area contributed by atoms with Crippen molar-refractivity contribution >= 4 is 0 Å². The lowest BCUT2D eigenvalue weighted by Gasteiger charge is -2.14. The number of aryl methyl sites for hydroxylation is 2. The minimum Gasteiger partial charge on any atom is -0.310 e. The van der Waals surface area contributed by atoms with Gasteiger partial charge in [0.2, 0.25) is 0 Å². The topological polar surface area (TPSA) is 29.9 Å². The van der Waals surface area contributed by atoms with Gasteiger partial charge in [0.15, 0.2) is 0 Å². The van der Waals surface area contributed by atoms with Crippen LogP contribution in [0.2, 0.25) is 0 Å². The maximum Gasteiger partial charge on any atom is 0.0674 e. The standard InChI is InChI=1S/C17H23N3/c1-5-18-16-10-9-13-14(16)7-6-8-15(13)17-11(2)19-20(4)12(17)3/h6-8,16,18H,5,9-10H2,1-4H3. The number of aromatic nitrogens is 2. The molecule has 0 aliphatic heterocycles. The molecule has 3 rings (SSSR count). The highest BCUT2D eigenvalue weighted by molar-refractivity contribution is 5.73. The summed E-state index contributed by atoms with van der Waals surface area (Å²) in [7, 11) is 2.02. The summed E-state index contributed by atoms with van der Waals surface area (Å²) in [5, 5.41) is 8.16. The van der Waals surface area contributed by atoms with E-state index in [4.69, 9.17) is 0 Å². The van der Waals surface area contributed by atoms with Crippen molar-refractivity contribution in [3.05, 3.63) is 40.7 Å². The Kier molecular flexibility index (Phi) is 3.38. The number of hydrogen-bond donors (Lipinski definition) is 1. The second kappa shape index (κ2) is 5.06. The highest BCUT2D eigenvalue weighted by Crippen LogP contribution is 2.39. The zero-order chi connectivity index (χ0) is 14.3. The van der Waals surface area contributed by atoms with E-state index < -0.39 is 0 Å². The van der Waals surface area contributed by atoms with Crippen molar-refractivity contribution in [2.24, 2.45) is 7.05 Å². The number of nitrogens with one attached hydrogen (secondary N) is 1. The summed E-state index contributed by atoms with van der Waals surface area (Å²) in [5.74, 6) is 0. The van der Waals surface area contributed by atoms with E-state index in [-0.39, 0.29) is 0 Å². The average Bonchev–Trinajstić information content (AvgIpc) is 2.93. The van der Waals surface area contributed by atoms with Gasteiger partial charge in [-0.25, -0.2) is 0 Å². The maximum absolute atomic E-state index is 4.57. The molecule has 1 aromatic carbocycles. The molecule has 0 saturated heterocycles. The Hall–Kier alpha value is -1.61. The van der Waals surface area contributed by atoms with Crippen LogP contribution in [0.4, 0.5) is 0 Å². The highest BCUT2D eigenvalue weighted by Gasteiger charge is 2.25. The Morgan fingerprint density at radius 2 is 2.15 bits per heavy atom. The monoisotopic (exact) mass is 269 g/mol. The van der Waals surface area contributed by atoms with Gasteiger partial charge in [0, 0.05) is 24.3 Å². The fraction of sp³-hybridized carbons (Fsp3) is 0.471. The van der Waals surface area contributed by atoms with Gasteiger partial charge in [-0.1, -0.05) is 25.1 Å². The molecule has 1 aromatic heterocycles. The van der Waals surface area contributed by atoms with Crippen LogP contribution in [0.5, 0.6) is 0 Å². The van der Waals surface area contributed by atoms with E-state index in [9.17, 15) is 0 Å². The summed E-state index contributed by atoms with van der Waals surface area (Å²) < 4.78 is 1.99. The predicted molar refractivity (Wildman–Crippen MR) is 82.9 cm³/mol. The van der Waals surface area contributed by atoms with Crippen LogP contribution in [0.1, 0.15) is 41.9 Å². The molecule has 2 aromatic rings. The van der Waals surface area contributed by atoms with Crippen molar-refractivity contribution < 1.29 is 0 Å². The lowest BCUT2D eigenvalue weighted by molar-refractivity contribution is 0.549. The van der Waals surface area contributed by atoms with Crippen molar-refractivity contribution in [1.29, 1.82) is 0 Å². The molecule has 20 heavy (non-hydrogen) atoms. The molecule has 1 aliphatic rings. The van der Waals surface area contributed by atoms with E-state index in [1.807, 2.05) is 11.7 Å². The van der Waals surface area contributed by atoms with E-state index in [0.29, 0.717) is 6.04 Å². The van der Waals surface area contributed by atoms with Gasteiger partial charge < -0.3 is 5.32 Å². The average molecular weight is 269 g/mol. The minimum atomic E-state index is 0.521. The van der Waals surface area contributed by atoms with Gasteiger partial charge in [-0.15, -0.1) is 0 Å². The maximum atomic E-state index is 4.57. The van der Waals surface area contributed by atoms with Crippen LogP contribution < -0.4 is 5.32 Å². The van der Waals surface area contributed by atoms with Crippen LogP contribution >= 0.6 is 0 Å². The minimum absolute atomic E-state index is 0.521. The first kappa shape index (κ1) is 13.4. The van der Waals surface area contributed by atoms with Crippen LogP contribution in [0.15, 0.2) is 18.2 Å². The highest BCUT2D eigenvalue weighted by atomic mass is 15.3. The van der Waals surface area contributed by atoms with Crippen molar-refractivity contribution in [1.82, 2.24) is 15.1 Å². The summed E-state index contributed by atoms with van der Waals surface area (Å²) in [6.07, 6.45) is 2.37. The summed E-state index contributed by atoms with van der Waals surface area (Å²) in [6, 6.07) is 7.24. The first-order valence-electron chi connectivity index (χ1n) is 7.49. The second-order valence-electron chi connectivity index (χ2n) is 5.69. The molecule has 0 spiro atoms. The number of rotatable bonds is 3. The third-order valence-electron chi connectivity index (χ3n) is 4.50. The zero-order valence-electron chi connectivity index (χ0n) is 12.8. The summed E-state index contributed by atoms with van der Waals surface area (Å²) in [6.45, 7) is 7.47. The number of benzene rings is 1. The molecule has 106 valence electrons.